The summed E-state index contributed by atoms with van der Waals surface area (Å²) in [5.74, 6) is 0.669. The van der Waals surface area contributed by atoms with Gasteiger partial charge >= 0.3 is 0 Å². The minimum atomic E-state index is -1.04. The average Bonchev–Trinajstić information content (AvgIpc) is 2.42. The zero-order valence-electron chi connectivity index (χ0n) is 10.5. The molecule has 2 atom stereocenters. The lowest BCUT2D eigenvalue weighted by Gasteiger charge is -2.37. The Bertz CT molecular complexity index is 525. The predicted octanol–water partition coefficient (Wildman–Crippen LogP) is 3.67. The number of hydrogen-bond donors (Lipinski definition) is 1. The molecule has 0 saturated carbocycles. The summed E-state index contributed by atoms with van der Waals surface area (Å²) in [5, 5.41) is 3.97. The highest BCUT2D eigenvalue weighted by Gasteiger charge is 2.44. The molecule has 0 amide bonds. The van der Waals surface area contributed by atoms with Gasteiger partial charge in [-0.05, 0) is 30.5 Å². The van der Waals surface area contributed by atoms with Crippen LogP contribution in [0, 0.1) is 0 Å². The molecule has 2 rings (SSSR count). The molecule has 0 spiro atoms. The number of hydrogen-bond acceptors (Lipinski definition) is 2. The van der Waals surface area contributed by atoms with E-state index in [4.69, 9.17) is 35.4 Å². The van der Waals surface area contributed by atoms with Crippen molar-refractivity contribution in [1.29, 1.82) is 0 Å². The van der Waals surface area contributed by atoms with Crippen molar-refractivity contribution in [2.75, 3.05) is 12.8 Å². The summed E-state index contributed by atoms with van der Waals surface area (Å²) in [5.41, 5.74) is 0.888. The third-order valence-electron chi connectivity index (χ3n) is 3.48. The average molecular weight is 336 g/mol. The monoisotopic (exact) mass is 335 g/mol. The van der Waals surface area contributed by atoms with E-state index in [1.165, 1.54) is 0 Å². The molecule has 1 heterocycles. The smallest absolute Gasteiger partial charge is 0.121 e. The second kappa shape index (κ2) is 6.08. The molecule has 1 aliphatic rings. The molecule has 1 aliphatic heterocycles. The van der Waals surface area contributed by atoms with Gasteiger partial charge < -0.3 is 5.32 Å². The molecule has 1 aromatic rings. The van der Waals surface area contributed by atoms with Crippen LogP contribution >= 0.6 is 35.4 Å². The van der Waals surface area contributed by atoms with Gasteiger partial charge in [0.15, 0.2) is 0 Å². The van der Waals surface area contributed by atoms with Crippen LogP contribution in [0.15, 0.2) is 18.2 Å². The first-order valence-corrected chi connectivity index (χ1v) is 8.57. The van der Waals surface area contributed by atoms with Gasteiger partial charge in [-0.2, -0.15) is 0 Å². The van der Waals surface area contributed by atoms with Gasteiger partial charge in [-0.25, -0.2) is 0 Å². The van der Waals surface area contributed by atoms with Gasteiger partial charge in [-0.3, -0.25) is 4.21 Å². The summed E-state index contributed by atoms with van der Waals surface area (Å²) in [6, 6.07) is 5.41. The molecule has 2 nitrogen and oxygen atoms in total. The third kappa shape index (κ3) is 2.68. The van der Waals surface area contributed by atoms with E-state index in [9.17, 15) is 4.21 Å². The second-order valence-electron chi connectivity index (χ2n) is 4.54. The zero-order chi connectivity index (χ0) is 14.0. The van der Waals surface area contributed by atoms with Crippen LogP contribution in [0.3, 0.4) is 0 Å². The topological polar surface area (TPSA) is 29.1 Å². The van der Waals surface area contributed by atoms with Crippen LogP contribution in [0.5, 0.6) is 0 Å². The molecule has 0 radical (unpaired) electrons. The largest absolute Gasteiger partial charge is 0.381 e. The number of halogens is 2. The summed E-state index contributed by atoms with van der Waals surface area (Å²) < 4.78 is 12.0. The van der Waals surface area contributed by atoms with Gasteiger partial charge in [0, 0.05) is 23.6 Å². The van der Waals surface area contributed by atoms with Crippen molar-refractivity contribution < 1.29 is 4.21 Å². The highest BCUT2D eigenvalue weighted by atomic mass is 35.5. The molecule has 0 aliphatic carbocycles. The molecule has 1 saturated heterocycles. The molecule has 1 unspecified atom stereocenters. The second-order valence-corrected chi connectivity index (χ2v) is 7.56. The molecule has 104 valence electrons. The van der Waals surface area contributed by atoms with E-state index >= 15 is 0 Å². The fourth-order valence-corrected chi connectivity index (χ4v) is 5.15. The van der Waals surface area contributed by atoms with Crippen molar-refractivity contribution in [3.05, 3.63) is 33.8 Å². The highest BCUT2D eigenvalue weighted by Crippen LogP contribution is 2.40. The molecular weight excluding hydrogens is 321 g/mol. The van der Waals surface area contributed by atoms with E-state index < -0.39 is 15.5 Å². The van der Waals surface area contributed by atoms with Crippen LogP contribution in [0.1, 0.15) is 24.8 Å². The van der Waals surface area contributed by atoms with Crippen LogP contribution < -0.4 is 5.32 Å². The van der Waals surface area contributed by atoms with E-state index in [2.05, 4.69) is 5.32 Å². The first-order chi connectivity index (χ1) is 9.02. The standard InChI is InChI=1S/C13H15Cl2NOS2/c1-16-12(18)13(6-2-3-7-19(13)17)9-4-5-10(14)11(15)8-9/h4-5,8H,2-3,6-7H2,1H3,(H,16,18)/t13-,19?/m1/s1. The summed E-state index contributed by atoms with van der Waals surface area (Å²) in [7, 11) is 0.733. The van der Waals surface area contributed by atoms with Gasteiger partial charge in [0.25, 0.3) is 0 Å². The van der Waals surface area contributed by atoms with E-state index in [-0.39, 0.29) is 0 Å². The molecular formula is C13H15Cl2NOS2. The van der Waals surface area contributed by atoms with E-state index in [0.717, 1.165) is 24.8 Å². The number of benzene rings is 1. The molecule has 1 aromatic carbocycles. The first kappa shape index (κ1) is 15.2. The van der Waals surface area contributed by atoms with Gasteiger partial charge in [0.2, 0.25) is 0 Å². The summed E-state index contributed by atoms with van der Waals surface area (Å²) in [4.78, 5) is 0.615. The van der Waals surface area contributed by atoms with Crippen LogP contribution in [0.25, 0.3) is 0 Å². The normalized spacial score (nSPS) is 27.0. The van der Waals surface area contributed by atoms with Crippen molar-refractivity contribution in [3.63, 3.8) is 0 Å². The Morgan fingerprint density at radius 1 is 1.37 bits per heavy atom. The maximum absolute atomic E-state index is 12.6. The number of rotatable bonds is 2. The zero-order valence-corrected chi connectivity index (χ0v) is 13.7. The van der Waals surface area contributed by atoms with Crippen molar-refractivity contribution >= 4 is 51.2 Å². The fraction of sp³-hybridized carbons (Fsp3) is 0.462. The maximum atomic E-state index is 12.6. The van der Waals surface area contributed by atoms with Crippen LogP contribution in [0.2, 0.25) is 10.0 Å². The van der Waals surface area contributed by atoms with Crippen LogP contribution in [0.4, 0.5) is 0 Å². The van der Waals surface area contributed by atoms with Crippen molar-refractivity contribution in [3.8, 4) is 0 Å². The van der Waals surface area contributed by atoms with Crippen molar-refractivity contribution in [1.82, 2.24) is 5.32 Å². The Kier molecular flexibility index (Phi) is 4.88. The number of nitrogens with one attached hydrogen (secondary N) is 1. The minimum Gasteiger partial charge on any atom is -0.381 e. The van der Waals surface area contributed by atoms with Gasteiger partial charge in [0.05, 0.1) is 15.0 Å². The maximum Gasteiger partial charge on any atom is 0.121 e. The summed E-state index contributed by atoms with van der Waals surface area (Å²) in [6.45, 7) is 0. The summed E-state index contributed by atoms with van der Waals surface area (Å²) in [6.07, 6.45) is 2.76. The van der Waals surface area contributed by atoms with Gasteiger partial charge in [-0.15, -0.1) is 0 Å². The third-order valence-corrected chi connectivity index (χ3v) is 6.98. The number of thiocarbonyl (C=S) groups is 1. The predicted molar refractivity (Wildman–Crippen MR) is 86.7 cm³/mol. The lowest BCUT2D eigenvalue weighted by molar-refractivity contribution is 0.574. The molecule has 0 bridgehead atoms. The van der Waals surface area contributed by atoms with E-state index in [1.54, 1.807) is 19.2 Å². The van der Waals surface area contributed by atoms with Gasteiger partial charge in [-0.1, -0.05) is 47.9 Å². The fourth-order valence-electron chi connectivity index (χ4n) is 2.47. The van der Waals surface area contributed by atoms with Crippen LogP contribution in [-0.2, 0) is 15.5 Å². The quantitative estimate of drug-likeness (QED) is 0.836. The molecule has 1 fully saturated rings. The molecule has 19 heavy (non-hydrogen) atoms. The molecule has 0 aromatic heterocycles. The van der Waals surface area contributed by atoms with Gasteiger partial charge in [0.1, 0.15) is 4.75 Å². The highest BCUT2D eigenvalue weighted by molar-refractivity contribution is 7.90. The first-order valence-electron chi connectivity index (χ1n) is 6.08. The Hall–Kier alpha value is -0.160. The van der Waals surface area contributed by atoms with E-state index in [1.807, 2.05) is 6.07 Å². The van der Waals surface area contributed by atoms with Crippen molar-refractivity contribution in [2.45, 2.75) is 24.0 Å². The van der Waals surface area contributed by atoms with Crippen molar-refractivity contribution in [2.24, 2.45) is 0 Å². The van der Waals surface area contributed by atoms with E-state index in [0.29, 0.717) is 20.8 Å². The Morgan fingerprint density at radius 3 is 2.68 bits per heavy atom. The minimum absolute atomic E-state index is 0.472. The summed E-state index contributed by atoms with van der Waals surface area (Å²) >= 11 is 17.5. The molecule has 1 N–H and O–H groups in total. The SMILES string of the molecule is CNC(=S)[C@]1(c2ccc(Cl)c(Cl)c2)CCCCS1=O. The Balaban J connectivity index is 2.56. The number of likely N-dealkylation sites (N-methyl/N-ethyl adjacent to an activating group) is 1. The Labute approximate surface area is 131 Å². The lowest BCUT2D eigenvalue weighted by Crippen LogP contribution is -2.47. The van der Waals surface area contributed by atoms with Crippen LogP contribution in [-0.4, -0.2) is 22.0 Å². The Morgan fingerprint density at radius 2 is 2.11 bits per heavy atom. The molecule has 6 heteroatoms. The lowest BCUT2D eigenvalue weighted by atomic mass is 9.91.